The molecule has 0 saturated carbocycles. The van der Waals surface area contributed by atoms with E-state index in [1.54, 1.807) is 0 Å². The van der Waals surface area contributed by atoms with Crippen LogP contribution in [0.4, 0.5) is 17.1 Å². The minimum atomic E-state index is -0.524. The summed E-state index contributed by atoms with van der Waals surface area (Å²) in [7, 11) is 0. The second-order valence-electron chi connectivity index (χ2n) is 15.9. The van der Waals surface area contributed by atoms with E-state index in [1.165, 1.54) is 94.3 Å². The Kier molecular flexibility index (Phi) is 7.83. The second kappa shape index (κ2) is 13.7. The highest BCUT2D eigenvalue weighted by Gasteiger charge is 2.46. The summed E-state index contributed by atoms with van der Waals surface area (Å²) in [6.07, 6.45) is 0. The van der Waals surface area contributed by atoms with Gasteiger partial charge in [-0.05, 0) is 96.4 Å². The highest BCUT2D eigenvalue weighted by atomic mass is 15.1. The van der Waals surface area contributed by atoms with Crippen molar-refractivity contribution < 1.29 is 0 Å². The molecule has 0 bridgehead atoms. The van der Waals surface area contributed by atoms with Crippen LogP contribution < -0.4 is 4.90 Å². The summed E-state index contributed by atoms with van der Waals surface area (Å²) in [4.78, 5) is 2.55. The second-order valence-corrected chi connectivity index (χ2v) is 15.9. The van der Waals surface area contributed by atoms with Crippen LogP contribution in [0, 0.1) is 0 Å². The monoisotopic (exact) mass is 761 g/mol. The summed E-state index contributed by atoms with van der Waals surface area (Å²) >= 11 is 0. The van der Waals surface area contributed by atoms with Crippen molar-refractivity contribution in [2.24, 2.45) is 0 Å². The van der Waals surface area contributed by atoms with Gasteiger partial charge in [0.1, 0.15) is 0 Å². The maximum Gasteiger partial charge on any atom is 0.0714 e. The Bertz CT molecular complexity index is 3180. The lowest BCUT2D eigenvalue weighted by atomic mass is 9.67. The molecule has 0 fully saturated rings. The van der Waals surface area contributed by atoms with Crippen molar-refractivity contribution in [2.75, 3.05) is 4.90 Å². The Hall–Kier alpha value is -7.74. The first-order chi connectivity index (χ1) is 29.8. The van der Waals surface area contributed by atoms with Gasteiger partial charge in [-0.1, -0.05) is 212 Å². The van der Waals surface area contributed by atoms with Crippen LogP contribution >= 0.6 is 0 Å². The molecule has 10 aromatic rings. The molecule has 10 aromatic carbocycles. The number of anilines is 3. The van der Waals surface area contributed by atoms with Crippen molar-refractivity contribution in [3.63, 3.8) is 0 Å². The molecule has 280 valence electrons. The van der Waals surface area contributed by atoms with E-state index in [0.717, 1.165) is 11.4 Å². The van der Waals surface area contributed by atoms with Crippen LogP contribution in [-0.2, 0) is 5.41 Å². The Morgan fingerprint density at radius 2 is 0.750 bits per heavy atom. The van der Waals surface area contributed by atoms with Crippen molar-refractivity contribution in [3.05, 3.63) is 259 Å². The molecule has 0 atom stereocenters. The Morgan fingerprint density at radius 3 is 1.40 bits per heavy atom. The Balaban J connectivity index is 1.18. The van der Waals surface area contributed by atoms with Gasteiger partial charge in [-0.25, -0.2) is 0 Å². The molecule has 0 aliphatic heterocycles. The predicted octanol–water partition coefficient (Wildman–Crippen LogP) is 15.7. The standard InChI is InChI=1S/C59H39N/c1-5-19-40(20-6-1)41-33-35-45(36-34-41)60(58-52-31-16-15-30-51(52)55(42-21-7-2-8-22-42)56-49-28-13-14-29-50(49)57(56)58)46-37-38-48-47-27-17-18-32-53(47)59(54(48)39-46,43-23-9-3-10-24-43)44-25-11-4-12-26-44/h1-39H. The first-order valence-corrected chi connectivity index (χ1v) is 20.9. The predicted molar refractivity (Wildman–Crippen MR) is 251 cm³/mol. The lowest BCUT2D eigenvalue weighted by Gasteiger charge is -2.38. The van der Waals surface area contributed by atoms with Gasteiger partial charge in [0, 0.05) is 27.9 Å². The Labute approximate surface area is 351 Å². The average Bonchev–Trinajstić information content (AvgIpc) is 3.62. The van der Waals surface area contributed by atoms with Crippen LogP contribution in [0.2, 0.25) is 0 Å². The highest BCUT2D eigenvalue weighted by Crippen LogP contribution is 2.62. The first-order valence-electron chi connectivity index (χ1n) is 20.9. The third-order valence-corrected chi connectivity index (χ3v) is 12.9. The van der Waals surface area contributed by atoms with E-state index in [4.69, 9.17) is 0 Å². The molecule has 0 N–H and O–H groups in total. The van der Waals surface area contributed by atoms with Gasteiger partial charge in [0.25, 0.3) is 0 Å². The van der Waals surface area contributed by atoms with E-state index in [0.29, 0.717) is 0 Å². The van der Waals surface area contributed by atoms with Crippen LogP contribution in [0.3, 0.4) is 0 Å². The van der Waals surface area contributed by atoms with Gasteiger partial charge in [-0.2, -0.15) is 0 Å². The molecule has 1 heteroatoms. The van der Waals surface area contributed by atoms with Crippen LogP contribution in [0.25, 0.3) is 66.4 Å². The zero-order valence-electron chi connectivity index (χ0n) is 33.0. The van der Waals surface area contributed by atoms with E-state index in [9.17, 15) is 0 Å². The van der Waals surface area contributed by atoms with E-state index < -0.39 is 5.41 Å². The summed E-state index contributed by atoms with van der Waals surface area (Å²) in [5.41, 5.74) is 20.7. The van der Waals surface area contributed by atoms with Gasteiger partial charge in [0.2, 0.25) is 0 Å². The number of nitrogens with zero attached hydrogens (tertiary/aromatic N) is 1. The molecule has 0 unspecified atom stereocenters. The number of hydrogen-bond acceptors (Lipinski definition) is 1. The normalized spacial score (nSPS) is 12.8. The summed E-state index contributed by atoms with van der Waals surface area (Å²) in [5, 5.41) is 2.47. The summed E-state index contributed by atoms with van der Waals surface area (Å²) in [6.45, 7) is 0. The fourth-order valence-electron chi connectivity index (χ4n) is 10.4. The molecular weight excluding hydrogens is 723 g/mol. The zero-order chi connectivity index (χ0) is 39.6. The van der Waals surface area contributed by atoms with Crippen molar-refractivity contribution in [1.82, 2.24) is 0 Å². The first kappa shape index (κ1) is 34.3. The van der Waals surface area contributed by atoms with Crippen molar-refractivity contribution in [1.29, 1.82) is 0 Å². The smallest absolute Gasteiger partial charge is 0.0714 e. The summed E-state index contributed by atoms with van der Waals surface area (Å²) in [6, 6.07) is 87.2. The van der Waals surface area contributed by atoms with Crippen LogP contribution in [0.5, 0.6) is 0 Å². The van der Waals surface area contributed by atoms with Crippen LogP contribution in [-0.4, -0.2) is 0 Å². The third kappa shape index (κ3) is 4.99. The zero-order valence-corrected chi connectivity index (χ0v) is 33.0. The number of rotatable bonds is 7. The largest absolute Gasteiger partial charge is 0.309 e. The molecular formula is C59H39N. The van der Waals surface area contributed by atoms with Gasteiger partial charge in [-0.15, -0.1) is 0 Å². The fourth-order valence-corrected chi connectivity index (χ4v) is 10.4. The molecule has 0 saturated heterocycles. The lowest BCUT2D eigenvalue weighted by molar-refractivity contribution is 0.768. The molecule has 60 heavy (non-hydrogen) atoms. The van der Waals surface area contributed by atoms with Crippen molar-refractivity contribution in [2.45, 2.75) is 5.41 Å². The van der Waals surface area contributed by atoms with Gasteiger partial charge >= 0.3 is 0 Å². The molecule has 2 aliphatic carbocycles. The van der Waals surface area contributed by atoms with Gasteiger partial charge in [-0.3, -0.25) is 0 Å². The molecule has 0 aromatic heterocycles. The van der Waals surface area contributed by atoms with Gasteiger partial charge < -0.3 is 4.90 Å². The average molecular weight is 762 g/mol. The minimum Gasteiger partial charge on any atom is -0.309 e. The van der Waals surface area contributed by atoms with Crippen LogP contribution in [0.15, 0.2) is 237 Å². The summed E-state index contributed by atoms with van der Waals surface area (Å²) < 4.78 is 0. The molecule has 1 nitrogen and oxygen atoms in total. The molecule has 2 aliphatic rings. The fraction of sp³-hybridized carbons (Fsp3) is 0.0169. The molecule has 0 radical (unpaired) electrons. The Morgan fingerprint density at radius 1 is 0.283 bits per heavy atom. The van der Waals surface area contributed by atoms with Gasteiger partial charge in [0.15, 0.2) is 0 Å². The molecule has 0 amide bonds. The maximum atomic E-state index is 2.55. The van der Waals surface area contributed by atoms with Gasteiger partial charge in [0.05, 0.1) is 11.1 Å². The maximum absolute atomic E-state index is 2.55. The quantitative estimate of drug-likeness (QED) is 0.156. The highest BCUT2D eigenvalue weighted by molar-refractivity contribution is 6.25. The topological polar surface area (TPSA) is 3.24 Å². The SMILES string of the molecule is c1ccc(-c2ccc(N(c3ccc4c(c3)C(c3ccccc3)(c3ccccc3)c3ccccc3-4)c3c4c(c(-c5ccccc5)c5ccccc35)-c3ccccc3-4)cc2)cc1. The van der Waals surface area contributed by atoms with E-state index in [-0.39, 0.29) is 0 Å². The molecule has 12 rings (SSSR count). The minimum absolute atomic E-state index is 0.524. The van der Waals surface area contributed by atoms with Crippen molar-refractivity contribution in [3.8, 4) is 55.6 Å². The number of fused-ring (bicyclic) bond motifs is 8. The number of benzene rings is 10. The summed E-state index contributed by atoms with van der Waals surface area (Å²) in [5.74, 6) is 0. The van der Waals surface area contributed by atoms with Crippen LogP contribution in [0.1, 0.15) is 22.3 Å². The molecule has 0 heterocycles. The van der Waals surface area contributed by atoms with Crippen molar-refractivity contribution >= 4 is 27.8 Å². The number of hydrogen-bond donors (Lipinski definition) is 0. The lowest BCUT2D eigenvalue weighted by Crippen LogP contribution is -2.28. The third-order valence-electron chi connectivity index (χ3n) is 12.9. The van der Waals surface area contributed by atoms with E-state index >= 15 is 0 Å². The molecule has 0 spiro atoms. The van der Waals surface area contributed by atoms with E-state index in [2.05, 4.69) is 241 Å². The van der Waals surface area contributed by atoms with E-state index in [1.807, 2.05) is 0 Å².